The molecule has 36 heavy (non-hydrogen) atoms. The molecule has 0 unspecified atom stereocenters. The molecule has 1 N–H and O–H groups in total. The summed E-state index contributed by atoms with van der Waals surface area (Å²) in [5.74, 6) is -0.00628. The number of imidazole rings is 1. The van der Waals surface area contributed by atoms with Crippen LogP contribution in [0.15, 0.2) is 60.9 Å². The predicted octanol–water partition coefficient (Wildman–Crippen LogP) is 4.06. The van der Waals surface area contributed by atoms with Crippen LogP contribution in [0.3, 0.4) is 0 Å². The summed E-state index contributed by atoms with van der Waals surface area (Å²) in [6, 6.07) is 18.7. The summed E-state index contributed by atoms with van der Waals surface area (Å²) in [6.45, 7) is 4.89. The summed E-state index contributed by atoms with van der Waals surface area (Å²) in [5, 5.41) is 3.08. The number of benzene rings is 2. The molecule has 2 aliphatic heterocycles. The van der Waals surface area contributed by atoms with Gasteiger partial charge in [0.05, 0.1) is 25.2 Å². The van der Waals surface area contributed by atoms with Gasteiger partial charge in [0.1, 0.15) is 6.10 Å². The lowest BCUT2D eigenvalue weighted by Gasteiger charge is -2.31. The van der Waals surface area contributed by atoms with Crippen LogP contribution in [0, 0.1) is 12.8 Å². The van der Waals surface area contributed by atoms with E-state index in [0.717, 1.165) is 24.1 Å². The minimum atomic E-state index is -0.0668. The van der Waals surface area contributed by atoms with Crippen LogP contribution in [0.25, 0.3) is 0 Å². The molecule has 1 aromatic heterocycles. The number of likely N-dealkylation sites (tertiary alicyclic amines) is 1. The molecule has 0 bridgehead atoms. The topological polar surface area (TPSA) is 76.5 Å². The average molecular weight is 487 g/mol. The molecule has 0 spiro atoms. The molecule has 2 aliphatic rings. The van der Waals surface area contributed by atoms with Gasteiger partial charge in [0.25, 0.3) is 5.91 Å². The van der Waals surface area contributed by atoms with Crippen LogP contribution in [0.4, 0.5) is 0 Å². The molecule has 7 nitrogen and oxygen atoms in total. The number of amides is 2. The Morgan fingerprint density at radius 2 is 1.81 bits per heavy atom. The minimum absolute atomic E-state index is 0.0414. The summed E-state index contributed by atoms with van der Waals surface area (Å²) >= 11 is 0. The maximum absolute atomic E-state index is 13.2. The first-order chi connectivity index (χ1) is 17.6. The zero-order chi connectivity index (χ0) is 24.9. The Bertz CT molecular complexity index is 1180. The van der Waals surface area contributed by atoms with Crippen molar-refractivity contribution in [2.75, 3.05) is 19.6 Å². The van der Waals surface area contributed by atoms with Gasteiger partial charge < -0.3 is 19.5 Å². The average Bonchev–Trinajstić information content (AvgIpc) is 3.35. The zero-order valence-electron chi connectivity index (χ0n) is 20.9. The Kier molecular flexibility index (Phi) is 7.47. The Morgan fingerprint density at radius 3 is 2.56 bits per heavy atom. The molecule has 3 aromatic rings. The molecule has 1 saturated heterocycles. The van der Waals surface area contributed by atoms with Crippen molar-refractivity contribution in [3.63, 3.8) is 0 Å². The van der Waals surface area contributed by atoms with Gasteiger partial charge in [-0.3, -0.25) is 9.59 Å². The van der Waals surface area contributed by atoms with Crippen LogP contribution in [0.5, 0.6) is 0 Å². The fourth-order valence-corrected chi connectivity index (χ4v) is 5.08. The third kappa shape index (κ3) is 5.51. The molecule has 3 heterocycles. The second-order valence-corrected chi connectivity index (χ2v) is 9.85. The number of carbonyl (C=O) groups is 2. The van der Waals surface area contributed by atoms with E-state index in [0.29, 0.717) is 51.3 Å². The van der Waals surface area contributed by atoms with E-state index in [1.807, 2.05) is 27.7 Å². The quantitative estimate of drug-likeness (QED) is 0.511. The molecule has 188 valence electrons. The van der Waals surface area contributed by atoms with E-state index in [1.165, 1.54) is 11.1 Å². The molecule has 0 aliphatic carbocycles. The largest absolute Gasteiger partial charge is 0.365 e. The van der Waals surface area contributed by atoms with E-state index in [9.17, 15) is 9.59 Å². The molecule has 1 fully saturated rings. The number of aryl methyl sites for hydroxylation is 2. The fraction of sp³-hybridized carbons (Fsp3) is 0.414. The second kappa shape index (κ2) is 11.1. The van der Waals surface area contributed by atoms with Crippen molar-refractivity contribution in [2.45, 2.75) is 51.9 Å². The van der Waals surface area contributed by atoms with Gasteiger partial charge in [-0.05, 0) is 43.7 Å². The summed E-state index contributed by atoms with van der Waals surface area (Å²) in [6.07, 6.45) is 4.94. The maximum Gasteiger partial charge on any atom is 0.274 e. The second-order valence-electron chi connectivity index (χ2n) is 9.85. The van der Waals surface area contributed by atoms with Gasteiger partial charge >= 0.3 is 0 Å². The smallest absolute Gasteiger partial charge is 0.274 e. The van der Waals surface area contributed by atoms with E-state index in [2.05, 4.69) is 53.6 Å². The fourth-order valence-electron chi connectivity index (χ4n) is 5.08. The normalized spacial score (nSPS) is 18.0. The molecule has 7 heteroatoms. The Labute approximate surface area is 212 Å². The highest BCUT2D eigenvalue weighted by atomic mass is 16.5. The maximum atomic E-state index is 13.2. The van der Waals surface area contributed by atoms with Gasteiger partial charge in [-0.25, -0.2) is 4.98 Å². The molecule has 0 saturated carbocycles. The zero-order valence-corrected chi connectivity index (χ0v) is 20.9. The lowest BCUT2D eigenvalue weighted by Crippen LogP contribution is -2.43. The van der Waals surface area contributed by atoms with Crippen molar-refractivity contribution in [1.82, 2.24) is 19.8 Å². The number of nitrogens with zero attached hydrogens (tertiary/aromatic N) is 3. The molecule has 2 amide bonds. The molecule has 1 atom stereocenters. The van der Waals surface area contributed by atoms with E-state index in [1.54, 1.807) is 6.33 Å². The Hall–Kier alpha value is -3.45. The summed E-state index contributed by atoms with van der Waals surface area (Å²) in [4.78, 5) is 32.1. The Morgan fingerprint density at radius 1 is 1.06 bits per heavy atom. The number of aromatic nitrogens is 2. The van der Waals surface area contributed by atoms with Gasteiger partial charge in [0.2, 0.25) is 5.91 Å². The van der Waals surface area contributed by atoms with E-state index in [-0.39, 0.29) is 23.8 Å². The summed E-state index contributed by atoms with van der Waals surface area (Å²) < 4.78 is 8.14. The molecule has 0 radical (unpaired) electrons. The summed E-state index contributed by atoms with van der Waals surface area (Å²) in [5.41, 5.74) is 4.95. The van der Waals surface area contributed by atoms with Crippen molar-refractivity contribution < 1.29 is 14.3 Å². The van der Waals surface area contributed by atoms with Gasteiger partial charge in [0, 0.05) is 25.6 Å². The number of hydrogen-bond acceptors (Lipinski definition) is 4. The molecular weight excluding hydrogens is 452 g/mol. The van der Waals surface area contributed by atoms with E-state index < -0.39 is 0 Å². The highest BCUT2D eigenvalue weighted by Crippen LogP contribution is 2.29. The van der Waals surface area contributed by atoms with Crippen LogP contribution in [-0.2, 0) is 29.1 Å². The highest BCUT2D eigenvalue weighted by molar-refractivity contribution is 5.93. The number of piperidine rings is 1. The van der Waals surface area contributed by atoms with Crippen molar-refractivity contribution in [3.8, 4) is 0 Å². The standard InChI is InChI=1S/C29H34N4O3/c1-21-9-11-23(12-10-21)26-18-33-20-31-27(25(33)19-36-26)29(35)32-16-13-24(14-17-32)28(34)30-15-5-8-22-6-3-2-4-7-22/h2-4,6-7,9-12,20,24,26H,5,8,13-19H2,1H3,(H,30,34)/t26-/m1/s1. The minimum Gasteiger partial charge on any atom is -0.365 e. The van der Waals surface area contributed by atoms with Crippen molar-refractivity contribution in [3.05, 3.63) is 89.0 Å². The van der Waals surface area contributed by atoms with Gasteiger partial charge in [-0.2, -0.15) is 0 Å². The van der Waals surface area contributed by atoms with Crippen LogP contribution in [0.1, 0.15) is 58.2 Å². The first-order valence-corrected chi connectivity index (χ1v) is 12.9. The molecule has 2 aromatic carbocycles. The van der Waals surface area contributed by atoms with E-state index >= 15 is 0 Å². The number of fused-ring (bicyclic) bond motifs is 1. The number of rotatable bonds is 7. The molecular formula is C29H34N4O3. The van der Waals surface area contributed by atoms with Gasteiger partial charge in [0.15, 0.2) is 5.69 Å². The van der Waals surface area contributed by atoms with Crippen molar-refractivity contribution >= 4 is 11.8 Å². The van der Waals surface area contributed by atoms with Crippen molar-refractivity contribution in [1.29, 1.82) is 0 Å². The lowest BCUT2D eigenvalue weighted by molar-refractivity contribution is -0.126. The molecule has 5 rings (SSSR count). The third-order valence-electron chi connectivity index (χ3n) is 7.32. The predicted molar refractivity (Wildman–Crippen MR) is 137 cm³/mol. The number of hydrogen-bond donors (Lipinski definition) is 1. The highest BCUT2D eigenvalue weighted by Gasteiger charge is 2.32. The van der Waals surface area contributed by atoms with Crippen molar-refractivity contribution in [2.24, 2.45) is 5.92 Å². The van der Waals surface area contributed by atoms with Crippen LogP contribution in [-0.4, -0.2) is 45.9 Å². The van der Waals surface area contributed by atoms with Crippen LogP contribution < -0.4 is 5.32 Å². The lowest BCUT2D eigenvalue weighted by atomic mass is 9.95. The van der Waals surface area contributed by atoms with Crippen LogP contribution >= 0.6 is 0 Å². The monoisotopic (exact) mass is 486 g/mol. The van der Waals surface area contributed by atoms with Crippen LogP contribution in [0.2, 0.25) is 0 Å². The van der Waals surface area contributed by atoms with E-state index in [4.69, 9.17) is 4.74 Å². The number of ether oxygens (including phenoxy) is 1. The number of nitrogens with one attached hydrogen (secondary N) is 1. The third-order valence-corrected chi connectivity index (χ3v) is 7.32. The SMILES string of the molecule is Cc1ccc([C@H]2Cn3cnc(C(=O)N4CCC(C(=O)NCCCc5ccccc5)CC4)c3CO2)cc1. The Balaban J connectivity index is 1.10. The van der Waals surface area contributed by atoms with Gasteiger partial charge in [-0.1, -0.05) is 60.2 Å². The summed E-state index contributed by atoms with van der Waals surface area (Å²) in [7, 11) is 0. The first-order valence-electron chi connectivity index (χ1n) is 12.9. The first kappa shape index (κ1) is 24.3. The number of carbonyl (C=O) groups excluding carboxylic acids is 2. The van der Waals surface area contributed by atoms with Gasteiger partial charge in [-0.15, -0.1) is 0 Å².